The number of aromatic nitrogens is 4. The molecule has 0 unspecified atom stereocenters. The number of rotatable bonds is 21. The molecule has 1 fully saturated rings. The van der Waals surface area contributed by atoms with Crippen LogP contribution in [0.4, 0.5) is 10.5 Å². The molecule has 0 saturated heterocycles. The second-order valence-electron chi connectivity index (χ2n) is 16.2. The number of nitrogens with one attached hydrogen (secondary N) is 4. The Morgan fingerprint density at radius 2 is 1.58 bits per heavy atom. The number of hydrogen-bond acceptors (Lipinski definition) is 11. The topological polar surface area (TPSA) is 196 Å². The summed E-state index contributed by atoms with van der Waals surface area (Å²) >= 11 is 0. The summed E-state index contributed by atoms with van der Waals surface area (Å²) in [6.45, 7) is 10.6. The maximum absolute atomic E-state index is 14.0. The van der Waals surface area contributed by atoms with E-state index in [0.717, 1.165) is 40.7 Å². The number of alkyl carbamates (subject to hydrolysis) is 1. The van der Waals surface area contributed by atoms with E-state index in [9.17, 15) is 19.2 Å². The van der Waals surface area contributed by atoms with Crippen LogP contribution in [-0.4, -0.2) is 103 Å². The molecule has 15 nitrogen and oxygen atoms in total. The van der Waals surface area contributed by atoms with Crippen LogP contribution in [0.25, 0.3) is 22.5 Å². The third-order valence-corrected chi connectivity index (χ3v) is 10.4. The molecule has 1 saturated carbocycles. The smallest absolute Gasteiger partial charge is 0.407 e. The Labute approximate surface area is 352 Å². The Morgan fingerprint density at radius 3 is 2.27 bits per heavy atom. The van der Waals surface area contributed by atoms with Gasteiger partial charge in [0.2, 0.25) is 11.7 Å². The summed E-state index contributed by atoms with van der Waals surface area (Å²) < 4.78 is 21.2. The molecule has 322 valence electrons. The van der Waals surface area contributed by atoms with Crippen LogP contribution in [0.15, 0.2) is 66.7 Å². The first-order valence-electron chi connectivity index (χ1n) is 20.7. The van der Waals surface area contributed by atoms with Gasteiger partial charge in [0.15, 0.2) is 0 Å². The lowest BCUT2D eigenvalue weighted by atomic mass is 9.77. The first-order valence-corrected chi connectivity index (χ1v) is 20.7. The predicted octanol–water partition coefficient (Wildman–Crippen LogP) is 6.34. The number of H-pyrrole nitrogens is 1. The number of carbonyl (C=O) groups excluding carboxylic acids is 4. The van der Waals surface area contributed by atoms with Crippen molar-refractivity contribution >= 4 is 29.4 Å². The number of methoxy groups -OCH3 is 1. The largest absolute Gasteiger partial charge is 0.444 e. The van der Waals surface area contributed by atoms with Gasteiger partial charge in [-0.05, 0) is 130 Å². The third kappa shape index (κ3) is 14.6. The van der Waals surface area contributed by atoms with Gasteiger partial charge in [0.25, 0.3) is 5.91 Å². The number of nitrogens with zero attached hydrogens (tertiary/aromatic N) is 3. The van der Waals surface area contributed by atoms with Crippen LogP contribution < -0.4 is 16.0 Å². The molecule has 1 aliphatic rings. The molecule has 0 radical (unpaired) electrons. The number of carbonyl (C=O) groups is 4. The summed E-state index contributed by atoms with van der Waals surface area (Å²) in [5, 5.41) is 22.9. The fourth-order valence-corrected chi connectivity index (χ4v) is 7.21. The highest BCUT2D eigenvalue weighted by atomic mass is 16.6. The lowest BCUT2D eigenvalue weighted by Gasteiger charge is -2.29. The molecule has 1 heterocycles. The molecule has 1 aromatic heterocycles. The van der Waals surface area contributed by atoms with E-state index in [1.54, 1.807) is 37.4 Å². The summed E-state index contributed by atoms with van der Waals surface area (Å²) in [7, 11) is 1.62. The minimum Gasteiger partial charge on any atom is -0.444 e. The minimum atomic E-state index is -0.629. The third-order valence-electron chi connectivity index (χ3n) is 10.4. The summed E-state index contributed by atoms with van der Waals surface area (Å²) in [4.78, 5) is 53.0. The van der Waals surface area contributed by atoms with Crippen molar-refractivity contribution in [1.82, 2.24) is 31.3 Å². The Balaban J connectivity index is 1.21. The number of benzene rings is 3. The molecule has 3 aromatic carbocycles. The van der Waals surface area contributed by atoms with Gasteiger partial charge in [0.05, 0.1) is 33.0 Å². The van der Waals surface area contributed by atoms with Crippen molar-refractivity contribution in [3.8, 4) is 22.5 Å². The number of amides is 3. The Bertz CT molecular complexity index is 1990. The molecule has 4 N–H and O–H groups in total. The molecule has 4 aromatic rings. The molecule has 60 heavy (non-hydrogen) atoms. The summed E-state index contributed by atoms with van der Waals surface area (Å²) in [6.07, 6.45) is 3.02. The van der Waals surface area contributed by atoms with Crippen LogP contribution in [0, 0.1) is 24.7 Å². The average molecular weight is 826 g/mol. The van der Waals surface area contributed by atoms with Crippen LogP contribution in [0.2, 0.25) is 0 Å². The summed E-state index contributed by atoms with van der Waals surface area (Å²) in [6, 6.07) is 20.7. The monoisotopic (exact) mass is 825 g/mol. The van der Waals surface area contributed by atoms with Gasteiger partial charge in [-0.1, -0.05) is 30.3 Å². The highest BCUT2D eigenvalue weighted by Gasteiger charge is 2.31. The standard InChI is InChI=1S/C45H59N7O8/c1-30-25-36(42(54)46-19-20-58-23-24-59-22-21-57-5)15-18-39(30)35-8-6-7-32(26-35)27-37(43(55)48-38-16-13-34(14-17-38)41-49-51-52-50-41)28-40(53)33-11-9-31(10-12-33)29-47-44(56)60-45(2,3)4/h6-8,13-18,25-26,31,33,37H,9-12,19-24,27-29H2,1-5H3,(H,46,54)(H,47,56)(H,48,55)(H,49,50,51,52)/t31?,33?,37-/m1/s1. The number of ether oxygens (including phenoxy) is 4. The van der Waals surface area contributed by atoms with Crippen molar-refractivity contribution < 1.29 is 38.1 Å². The van der Waals surface area contributed by atoms with Gasteiger partial charge in [-0.3, -0.25) is 14.4 Å². The lowest BCUT2D eigenvalue weighted by molar-refractivity contribution is -0.129. The van der Waals surface area contributed by atoms with Crippen LogP contribution in [0.3, 0.4) is 0 Å². The quantitative estimate of drug-likeness (QED) is 0.0685. The molecule has 0 bridgehead atoms. The fraction of sp³-hybridized carbons (Fsp3) is 0.489. The van der Waals surface area contributed by atoms with Crippen molar-refractivity contribution in [2.24, 2.45) is 17.8 Å². The van der Waals surface area contributed by atoms with E-state index in [1.807, 2.05) is 64.1 Å². The van der Waals surface area contributed by atoms with Gasteiger partial charge in [-0.2, -0.15) is 5.21 Å². The SMILES string of the molecule is COCCOCCOCCNC(=O)c1ccc(-c2cccc(C[C@H](CC(=O)C3CCC(CNC(=O)OC(C)(C)C)CC3)C(=O)Nc3ccc(-c4nn[nH]n4)cc3)c2)c(C)c1. The van der Waals surface area contributed by atoms with Crippen molar-refractivity contribution in [3.05, 3.63) is 83.4 Å². The zero-order valence-electron chi connectivity index (χ0n) is 35.4. The van der Waals surface area contributed by atoms with E-state index in [1.165, 1.54) is 0 Å². The first kappa shape index (κ1) is 45.6. The second-order valence-corrected chi connectivity index (χ2v) is 16.2. The number of ketones is 1. The average Bonchev–Trinajstić information content (AvgIpc) is 3.77. The summed E-state index contributed by atoms with van der Waals surface area (Å²) in [5.74, 6) is -0.452. The number of Topliss-reactive ketones (excluding diaryl/α,β-unsaturated/α-hetero) is 1. The zero-order chi connectivity index (χ0) is 42.9. The predicted molar refractivity (Wildman–Crippen MR) is 227 cm³/mol. The fourth-order valence-electron chi connectivity index (χ4n) is 7.21. The molecule has 1 aliphatic carbocycles. The number of anilines is 1. The van der Waals surface area contributed by atoms with Crippen LogP contribution in [0.1, 0.15) is 74.4 Å². The molecule has 3 amide bonds. The maximum atomic E-state index is 14.0. The molecule has 0 spiro atoms. The van der Waals surface area contributed by atoms with Gasteiger partial charge in [-0.15, -0.1) is 10.2 Å². The molecular formula is C45H59N7O8. The van der Waals surface area contributed by atoms with Crippen molar-refractivity contribution in [1.29, 1.82) is 0 Å². The van der Waals surface area contributed by atoms with Crippen LogP contribution >= 0.6 is 0 Å². The van der Waals surface area contributed by atoms with E-state index in [2.05, 4.69) is 36.6 Å². The lowest BCUT2D eigenvalue weighted by Crippen LogP contribution is -2.37. The van der Waals surface area contributed by atoms with E-state index < -0.39 is 17.6 Å². The highest BCUT2D eigenvalue weighted by Crippen LogP contribution is 2.32. The highest BCUT2D eigenvalue weighted by molar-refractivity contribution is 5.96. The van der Waals surface area contributed by atoms with E-state index >= 15 is 0 Å². The van der Waals surface area contributed by atoms with Gasteiger partial charge in [0, 0.05) is 55.3 Å². The van der Waals surface area contributed by atoms with E-state index in [-0.39, 0.29) is 35.9 Å². The van der Waals surface area contributed by atoms with Gasteiger partial charge < -0.3 is 34.9 Å². The minimum absolute atomic E-state index is 0.0699. The van der Waals surface area contributed by atoms with Crippen molar-refractivity contribution in [3.63, 3.8) is 0 Å². The summed E-state index contributed by atoms with van der Waals surface area (Å²) in [5.41, 5.74) is 5.05. The number of aryl methyl sites for hydroxylation is 1. The molecule has 1 atom stereocenters. The molecule has 15 heteroatoms. The van der Waals surface area contributed by atoms with Gasteiger partial charge in [-0.25, -0.2) is 4.79 Å². The molecule has 5 rings (SSSR count). The molecule has 0 aliphatic heterocycles. The molecular weight excluding hydrogens is 767 g/mol. The van der Waals surface area contributed by atoms with Gasteiger partial charge in [0.1, 0.15) is 11.4 Å². The Kier molecular flexibility index (Phi) is 17.3. The first-order chi connectivity index (χ1) is 28.9. The van der Waals surface area contributed by atoms with Crippen molar-refractivity contribution in [2.45, 2.75) is 71.8 Å². The van der Waals surface area contributed by atoms with Gasteiger partial charge >= 0.3 is 6.09 Å². The van der Waals surface area contributed by atoms with E-state index in [0.29, 0.717) is 82.5 Å². The van der Waals surface area contributed by atoms with E-state index in [4.69, 9.17) is 18.9 Å². The zero-order valence-corrected chi connectivity index (χ0v) is 35.4. The maximum Gasteiger partial charge on any atom is 0.407 e. The van der Waals surface area contributed by atoms with Crippen LogP contribution in [0.5, 0.6) is 0 Å². The van der Waals surface area contributed by atoms with Crippen molar-refractivity contribution in [2.75, 3.05) is 58.6 Å². The number of tetrazole rings is 1. The second kappa shape index (κ2) is 22.7. The number of hydrogen-bond donors (Lipinski definition) is 4. The van der Waals surface area contributed by atoms with Crippen LogP contribution in [-0.2, 0) is 35.0 Å². The Morgan fingerprint density at radius 1 is 0.850 bits per heavy atom. The normalized spacial score (nSPS) is 15.8. The number of aromatic amines is 1. The Hall–Kier alpha value is -5.51.